The van der Waals surface area contributed by atoms with Crippen molar-refractivity contribution in [2.45, 2.75) is 72.3 Å². The van der Waals surface area contributed by atoms with Crippen LogP contribution in [-0.4, -0.2) is 37.1 Å². The lowest BCUT2D eigenvalue weighted by atomic mass is 9.77. The molecule has 0 aromatic heterocycles. The van der Waals surface area contributed by atoms with Crippen LogP contribution in [0.3, 0.4) is 0 Å². The van der Waals surface area contributed by atoms with Crippen molar-refractivity contribution in [3.63, 3.8) is 0 Å². The van der Waals surface area contributed by atoms with Gasteiger partial charge >= 0.3 is 0 Å². The van der Waals surface area contributed by atoms with E-state index in [0.717, 1.165) is 17.9 Å². The summed E-state index contributed by atoms with van der Waals surface area (Å²) in [6.45, 7) is 14.8. The maximum atomic E-state index is 3.82. The first-order valence-corrected chi connectivity index (χ1v) is 8.96. The molecule has 3 atom stereocenters. The molecule has 1 saturated heterocycles. The first-order chi connectivity index (χ1) is 9.50. The fourth-order valence-corrected chi connectivity index (χ4v) is 3.97. The molecule has 2 rings (SSSR count). The van der Waals surface area contributed by atoms with Gasteiger partial charge in [0.05, 0.1) is 0 Å². The number of rotatable bonds is 5. The summed E-state index contributed by atoms with van der Waals surface area (Å²) in [4.78, 5) is 2.74. The molecular formula is C18H36N2. The van der Waals surface area contributed by atoms with Gasteiger partial charge in [-0.3, -0.25) is 0 Å². The summed E-state index contributed by atoms with van der Waals surface area (Å²) in [6.07, 6.45) is 8.26. The lowest BCUT2D eigenvalue weighted by Gasteiger charge is -2.42. The van der Waals surface area contributed by atoms with Crippen molar-refractivity contribution in [2.75, 3.05) is 26.2 Å². The van der Waals surface area contributed by atoms with Crippen molar-refractivity contribution < 1.29 is 0 Å². The van der Waals surface area contributed by atoms with E-state index < -0.39 is 0 Å². The highest BCUT2D eigenvalue weighted by Gasteiger charge is 2.32. The molecule has 20 heavy (non-hydrogen) atoms. The van der Waals surface area contributed by atoms with Crippen LogP contribution in [0.4, 0.5) is 0 Å². The molecule has 0 aromatic rings. The standard InChI is InChI=1S/C18H36N2/c1-5-10-19-17-7-6-15(2)13-16(17)14-20-11-8-18(3,4)9-12-20/h15-17,19H,5-14H2,1-4H3. The zero-order valence-electron chi connectivity index (χ0n) is 14.3. The second kappa shape index (κ2) is 7.26. The highest BCUT2D eigenvalue weighted by Crippen LogP contribution is 2.33. The van der Waals surface area contributed by atoms with E-state index in [1.54, 1.807) is 0 Å². The van der Waals surface area contributed by atoms with E-state index in [4.69, 9.17) is 0 Å². The summed E-state index contributed by atoms with van der Waals surface area (Å²) < 4.78 is 0. The molecule has 1 saturated carbocycles. The number of piperidine rings is 1. The molecule has 118 valence electrons. The predicted octanol–water partition coefficient (Wildman–Crippen LogP) is 3.91. The number of nitrogens with one attached hydrogen (secondary N) is 1. The Bertz CT molecular complexity index is 275. The van der Waals surface area contributed by atoms with E-state index in [-0.39, 0.29) is 0 Å². The SMILES string of the molecule is CCCNC1CCC(C)CC1CN1CCC(C)(C)CC1. The van der Waals surface area contributed by atoms with Gasteiger partial charge in [-0.25, -0.2) is 0 Å². The van der Waals surface area contributed by atoms with Crippen molar-refractivity contribution in [1.29, 1.82) is 0 Å². The molecule has 3 unspecified atom stereocenters. The topological polar surface area (TPSA) is 15.3 Å². The second-order valence-electron chi connectivity index (χ2n) is 8.20. The van der Waals surface area contributed by atoms with Crippen LogP contribution >= 0.6 is 0 Å². The average molecular weight is 280 g/mol. The summed E-state index contributed by atoms with van der Waals surface area (Å²) in [5, 5.41) is 3.82. The Hall–Kier alpha value is -0.0800. The molecule has 2 heteroatoms. The third-order valence-corrected chi connectivity index (χ3v) is 5.60. The summed E-state index contributed by atoms with van der Waals surface area (Å²) in [6, 6.07) is 0.779. The minimum Gasteiger partial charge on any atom is -0.314 e. The van der Waals surface area contributed by atoms with Crippen LogP contribution in [0.2, 0.25) is 0 Å². The predicted molar refractivity (Wildman–Crippen MR) is 88.0 cm³/mol. The second-order valence-corrected chi connectivity index (χ2v) is 8.20. The van der Waals surface area contributed by atoms with E-state index >= 15 is 0 Å². The van der Waals surface area contributed by atoms with Gasteiger partial charge in [-0.05, 0) is 75.4 Å². The van der Waals surface area contributed by atoms with E-state index in [1.165, 1.54) is 64.7 Å². The van der Waals surface area contributed by atoms with Gasteiger partial charge in [-0.1, -0.05) is 27.7 Å². The molecule has 0 radical (unpaired) electrons. The van der Waals surface area contributed by atoms with Crippen LogP contribution in [0.25, 0.3) is 0 Å². The van der Waals surface area contributed by atoms with E-state index in [1.807, 2.05) is 0 Å². The quantitative estimate of drug-likeness (QED) is 0.821. The van der Waals surface area contributed by atoms with Gasteiger partial charge in [-0.2, -0.15) is 0 Å². The molecule has 0 amide bonds. The van der Waals surface area contributed by atoms with Crippen LogP contribution in [0.1, 0.15) is 66.2 Å². The Kier molecular flexibility index (Phi) is 5.92. The summed E-state index contributed by atoms with van der Waals surface area (Å²) in [5.41, 5.74) is 0.580. The Morgan fingerprint density at radius 3 is 2.50 bits per heavy atom. The molecule has 1 heterocycles. The zero-order valence-corrected chi connectivity index (χ0v) is 14.3. The number of hydrogen-bond acceptors (Lipinski definition) is 2. The highest BCUT2D eigenvalue weighted by molar-refractivity contribution is 4.87. The van der Waals surface area contributed by atoms with Gasteiger partial charge in [0.2, 0.25) is 0 Å². The number of nitrogens with zero attached hydrogens (tertiary/aromatic N) is 1. The average Bonchev–Trinajstić information content (AvgIpc) is 2.40. The minimum absolute atomic E-state index is 0.580. The molecule has 1 aliphatic heterocycles. The van der Waals surface area contributed by atoms with Gasteiger partial charge in [-0.15, -0.1) is 0 Å². The first kappa shape index (κ1) is 16.3. The van der Waals surface area contributed by atoms with Crippen LogP contribution < -0.4 is 5.32 Å². The molecule has 0 aromatic carbocycles. The Labute approximate surface area is 126 Å². The van der Waals surface area contributed by atoms with Crippen LogP contribution in [0.15, 0.2) is 0 Å². The first-order valence-electron chi connectivity index (χ1n) is 8.96. The minimum atomic E-state index is 0.580. The van der Waals surface area contributed by atoms with E-state index in [2.05, 4.69) is 37.9 Å². The monoisotopic (exact) mass is 280 g/mol. The lowest BCUT2D eigenvalue weighted by molar-refractivity contribution is 0.0890. The van der Waals surface area contributed by atoms with Crippen molar-refractivity contribution in [2.24, 2.45) is 17.3 Å². The molecule has 1 aliphatic carbocycles. The van der Waals surface area contributed by atoms with E-state index in [9.17, 15) is 0 Å². The van der Waals surface area contributed by atoms with Crippen molar-refractivity contribution in [3.8, 4) is 0 Å². The lowest BCUT2D eigenvalue weighted by Crippen LogP contribution is -2.48. The molecule has 1 N–H and O–H groups in total. The highest BCUT2D eigenvalue weighted by atomic mass is 15.1. The number of likely N-dealkylation sites (tertiary alicyclic amines) is 1. The van der Waals surface area contributed by atoms with Gasteiger partial charge in [0.1, 0.15) is 0 Å². The fraction of sp³-hybridized carbons (Fsp3) is 1.00. The van der Waals surface area contributed by atoms with Crippen LogP contribution in [0, 0.1) is 17.3 Å². The maximum Gasteiger partial charge on any atom is 0.0108 e. The normalized spacial score (nSPS) is 35.1. The fourth-order valence-electron chi connectivity index (χ4n) is 3.97. The Morgan fingerprint density at radius 1 is 1.15 bits per heavy atom. The van der Waals surface area contributed by atoms with Gasteiger partial charge in [0.25, 0.3) is 0 Å². The van der Waals surface area contributed by atoms with Crippen molar-refractivity contribution in [3.05, 3.63) is 0 Å². The third-order valence-electron chi connectivity index (χ3n) is 5.60. The molecule has 0 spiro atoms. The van der Waals surface area contributed by atoms with Gasteiger partial charge in [0, 0.05) is 12.6 Å². The molecule has 0 bridgehead atoms. The molecule has 2 nitrogen and oxygen atoms in total. The third kappa shape index (κ3) is 4.73. The molecule has 2 fully saturated rings. The zero-order chi connectivity index (χ0) is 14.6. The maximum absolute atomic E-state index is 3.82. The van der Waals surface area contributed by atoms with Crippen LogP contribution in [0.5, 0.6) is 0 Å². The number of hydrogen-bond donors (Lipinski definition) is 1. The summed E-state index contributed by atoms with van der Waals surface area (Å²) in [7, 11) is 0. The Balaban J connectivity index is 1.84. The smallest absolute Gasteiger partial charge is 0.0108 e. The summed E-state index contributed by atoms with van der Waals surface area (Å²) >= 11 is 0. The summed E-state index contributed by atoms with van der Waals surface area (Å²) in [5.74, 6) is 1.81. The van der Waals surface area contributed by atoms with Crippen LogP contribution in [-0.2, 0) is 0 Å². The Morgan fingerprint density at radius 2 is 1.85 bits per heavy atom. The van der Waals surface area contributed by atoms with E-state index in [0.29, 0.717) is 5.41 Å². The van der Waals surface area contributed by atoms with Gasteiger partial charge < -0.3 is 10.2 Å². The largest absolute Gasteiger partial charge is 0.314 e. The molecule has 2 aliphatic rings. The van der Waals surface area contributed by atoms with Crippen molar-refractivity contribution >= 4 is 0 Å². The van der Waals surface area contributed by atoms with Gasteiger partial charge in [0.15, 0.2) is 0 Å². The van der Waals surface area contributed by atoms with Crippen molar-refractivity contribution in [1.82, 2.24) is 10.2 Å². The molecular weight excluding hydrogens is 244 g/mol.